The molecule has 0 fully saturated rings. The van der Waals surface area contributed by atoms with E-state index in [0.717, 1.165) is 5.56 Å². The molecule has 1 unspecified atom stereocenters. The maximum atomic E-state index is 13.0. The molecular weight excluding hydrogens is 277 g/mol. The monoisotopic (exact) mass is 291 g/mol. The number of para-hydroxylation sites is 1. The van der Waals surface area contributed by atoms with E-state index in [1.54, 1.807) is 12.1 Å². The number of aryl methyl sites for hydroxylation is 1. The Kier molecular flexibility index (Phi) is 4.63. The molecule has 20 heavy (non-hydrogen) atoms. The van der Waals surface area contributed by atoms with Gasteiger partial charge in [0.2, 0.25) is 5.91 Å². The minimum Gasteiger partial charge on any atom is -0.325 e. The average Bonchev–Trinajstić information content (AvgIpc) is 2.41. The molecule has 0 aliphatic rings. The normalized spacial score (nSPS) is 11.9. The van der Waals surface area contributed by atoms with Crippen molar-refractivity contribution in [3.05, 3.63) is 59.9 Å². The molecule has 0 spiro atoms. The van der Waals surface area contributed by atoms with Gasteiger partial charge in [-0.25, -0.2) is 4.39 Å². The molecule has 2 aromatic carbocycles. The topological polar surface area (TPSA) is 46.2 Å². The summed E-state index contributed by atoms with van der Waals surface area (Å²) in [5, 5.41) is 2.70. The molecule has 1 N–H and O–H groups in total. The number of hydrogen-bond donors (Lipinski definition) is 1. The maximum absolute atomic E-state index is 13.0. The van der Waals surface area contributed by atoms with Crippen LogP contribution in [-0.4, -0.2) is 15.9 Å². The van der Waals surface area contributed by atoms with E-state index in [-0.39, 0.29) is 11.7 Å². The van der Waals surface area contributed by atoms with Crippen LogP contribution in [-0.2, 0) is 15.6 Å². The average molecular weight is 291 g/mol. The molecule has 1 atom stereocenters. The SMILES string of the molecule is Cc1ccccc1NC(=O)CS(=O)c1cccc(F)c1. The van der Waals surface area contributed by atoms with Crippen molar-refractivity contribution < 1.29 is 13.4 Å². The summed E-state index contributed by atoms with van der Waals surface area (Å²) in [5.74, 6) is -1.02. The number of carbonyl (C=O) groups is 1. The lowest BCUT2D eigenvalue weighted by molar-refractivity contribution is -0.113. The third-order valence-corrected chi connectivity index (χ3v) is 4.04. The number of benzene rings is 2. The van der Waals surface area contributed by atoms with Gasteiger partial charge in [0.1, 0.15) is 11.6 Å². The number of rotatable bonds is 4. The van der Waals surface area contributed by atoms with Crippen molar-refractivity contribution in [2.24, 2.45) is 0 Å². The Balaban J connectivity index is 2.02. The zero-order valence-electron chi connectivity index (χ0n) is 10.9. The van der Waals surface area contributed by atoms with Gasteiger partial charge in [-0.2, -0.15) is 0 Å². The maximum Gasteiger partial charge on any atom is 0.237 e. The van der Waals surface area contributed by atoms with E-state index in [1.165, 1.54) is 18.2 Å². The van der Waals surface area contributed by atoms with Gasteiger partial charge in [0.15, 0.2) is 0 Å². The lowest BCUT2D eigenvalue weighted by atomic mass is 10.2. The Labute approximate surface area is 119 Å². The van der Waals surface area contributed by atoms with E-state index in [9.17, 15) is 13.4 Å². The standard InChI is InChI=1S/C15H14FNO2S/c1-11-5-2-3-8-14(11)17-15(18)10-20(19)13-7-4-6-12(16)9-13/h2-9H,10H2,1H3,(H,17,18). The fraction of sp³-hybridized carbons (Fsp3) is 0.133. The second kappa shape index (κ2) is 6.43. The highest BCUT2D eigenvalue weighted by atomic mass is 32.2. The van der Waals surface area contributed by atoms with Crippen LogP contribution in [0, 0.1) is 12.7 Å². The van der Waals surface area contributed by atoms with Gasteiger partial charge < -0.3 is 5.32 Å². The van der Waals surface area contributed by atoms with Gasteiger partial charge in [0.25, 0.3) is 0 Å². The summed E-state index contributed by atoms with van der Waals surface area (Å²) in [4.78, 5) is 12.1. The molecule has 1 amide bonds. The first kappa shape index (κ1) is 14.4. The molecular formula is C15H14FNO2S. The Morgan fingerprint density at radius 1 is 1.20 bits per heavy atom. The van der Waals surface area contributed by atoms with Crippen molar-refractivity contribution in [1.29, 1.82) is 0 Å². The van der Waals surface area contributed by atoms with E-state index in [4.69, 9.17) is 0 Å². The van der Waals surface area contributed by atoms with Crippen LogP contribution in [0.25, 0.3) is 0 Å². The van der Waals surface area contributed by atoms with Crippen LogP contribution in [0.2, 0.25) is 0 Å². The molecule has 3 nitrogen and oxygen atoms in total. The molecule has 0 saturated heterocycles. The fourth-order valence-electron chi connectivity index (χ4n) is 1.71. The minimum absolute atomic E-state index is 0.197. The summed E-state index contributed by atoms with van der Waals surface area (Å²) in [5.41, 5.74) is 1.62. The number of anilines is 1. The van der Waals surface area contributed by atoms with E-state index >= 15 is 0 Å². The first-order chi connectivity index (χ1) is 9.56. The van der Waals surface area contributed by atoms with E-state index in [0.29, 0.717) is 10.6 Å². The van der Waals surface area contributed by atoms with Crippen LogP contribution in [0.4, 0.5) is 10.1 Å². The summed E-state index contributed by atoms with van der Waals surface area (Å²) < 4.78 is 25.0. The van der Waals surface area contributed by atoms with Crippen molar-refractivity contribution in [2.75, 3.05) is 11.1 Å². The highest BCUT2D eigenvalue weighted by Gasteiger charge is 2.11. The van der Waals surface area contributed by atoms with Gasteiger partial charge in [0, 0.05) is 10.6 Å². The van der Waals surface area contributed by atoms with Crippen molar-refractivity contribution in [2.45, 2.75) is 11.8 Å². The fourth-order valence-corrected chi connectivity index (χ4v) is 2.66. The summed E-state index contributed by atoms with van der Waals surface area (Å²) in [6.07, 6.45) is 0. The lowest BCUT2D eigenvalue weighted by Gasteiger charge is -2.08. The third-order valence-electron chi connectivity index (χ3n) is 2.74. The van der Waals surface area contributed by atoms with Crippen molar-refractivity contribution in [3.63, 3.8) is 0 Å². The van der Waals surface area contributed by atoms with Crippen LogP contribution < -0.4 is 5.32 Å². The first-order valence-electron chi connectivity index (χ1n) is 6.05. The largest absolute Gasteiger partial charge is 0.325 e. The van der Waals surface area contributed by atoms with Crippen LogP contribution in [0.15, 0.2) is 53.4 Å². The number of hydrogen-bond acceptors (Lipinski definition) is 2. The van der Waals surface area contributed by atoms with E-state index < -0.39 is 16.6 Å². The first-order valence-corrected chi connectivity index (χ1v) is 7.37. The molecule has 0 bridgehead atoms. The molecule has 0 radical (unpaired) electrons. The van der Waals surface area contributed by atoms with Gasteiger partial charge in [-0.1, -0.05) is 24.3 Å². The van der Waals surface area contributed by atoms with Gasteiger partial charge in [-0.05, 0) is 36.8 Å². The second-order valence-corrected chi connectivity index (χ2v) is 5.76. The van der Waals surface area contributed by atoms with Crippen LogP contribution >= 0.6 is 0 Å². The van der Waals surface area contributed by atoms with Crippen LogP contribution in [0.1, 0.15) is 5.56 Å². The molecule has 2 rings (SSSR count). The quantitative estimate of drug-likeness (QED) is 0.941. The molecule has 0 heterocycles. The van der Waals surface area contributed by atoms with Crippen molar-refractivity contribution >= 4 is 22.4 Å². The van der Waals surface area contributed by atoms with Crippen molar-refractivity contribution in [1.82, 2.24) is 0 Å². The summed E-state index contributed by atoms with van der Waals surface area (Å²) in [6, 6.07) is 12.8. The number of carbonyl (C=O) groups excluding carboxylic acids is 1. The summed E-state index contributed by atoms with van der Waals surface area (Å²) in [6.45, 7) is 1.87. The van der Waals surface area contributed by atoms with Gasteiger partial charge >= 0.3 is 0 Å². The molecule has 104 valence electrons. The molecule has 0 saturated carbocycles. The van der Waals surface area contributed by atoms with Crippen molar-refractivity contribution in [3.8, 4) is 0 Å². The highest BCUT2D eigenvalue weighted by molar-refractivity contribution is 7.85. The zero-order valence-corrected chi connectivity index (χ0v) is 11.7. The highest BCUT2D eigenvalue weighted by Crippen LogP contribution is 2.14. The lowest BCUT2D eigenvalue weighted by Crippen LogP contribution is -2.20. The second-order valence-electron chi connectivity index (χ2n) is 4.31. The Bertz CT molecular complexity index is 658. The predicted molar refractivity (Wildman–Crippen MR) is 77.5 cm³/mol. The Morgan fingerprint density at radius 3 is 2.65 bits per heavy atom. The minimum atomic E-state index is -1.56. The summed E-state index contributed by atoms with van der Waals surface area (Å²) in [7, 11) is -1.56. The Morgan fingerprint density at radius 2 is 1.95 bits per heavy atom. The van der Waals surface area contributed by atoms with E-state index in [2.05, 4.69) is 5.32 Å². The smallest absolute Gasteiger partial charge is 0.237 e. The number of amides is 1. The molecule has 2 aromatic rings. The number of halogens is 1. The molecule has 0 aliphatic carbocycles. The summed E-state index contributed by atoms with van der Waals surface area (Å²) >= 11 is 0. The third kappa shape index (κ3) is 3.74. The molecule has 5 heteroatoms. The van der Waals surface area contributed by atoms with Gasteiger partial charge in [-0.15, -0.1) is 0 Å². The molecule has 0 aliphatic heterocycles. The Hall–Kier alpha value is -2.01. The van der Waals surface area contributed by atoms with E-state index in [1.807, 2.05) is 25.1 Å². The van der Waals surface area contributed by atoms with Crippen LogP contribution in [0.3, 0.4) is 0 Å². The number of nitrogens with one attached hydrogen (secondary N) is 1. The molecule has 0 aromatic heterocycles. The van der Waals surface area contributed by atoms with Gasteiger partial charge in [-0.3, -0.25) is 9.00 Å². The predicted octanol–water partition coefficient (Wildman–Crippen LogP) is 2.88. The zero-order chi connectivity index (χ0) is 14.5. The van der Waals surface area contributed by atoms with Crippen LogP contribution in [0.5, 0.6) is 0 Å². The van der Waals surface area contributed by atoms with Gasteiger partial charge in [0.05, 0.1) is 10.8 Å².